The van der Waals surface area contributed by atoms with Gasteiger partial charge in [0, 0.05) is 49.6 Å². The third-order valence-electron chi connectivity index (χ3n) is 13.2. The van der Waals surface area contributed by atoms with Gasteiger partial charge in [-0.1, -0.05) is 188 Å². The highest BCUT2D eigenvalue weighted by molar-refractivity contribution is 6.12. The number of rotatable bonds is 7. The molecule has 0 amide bonds. The molecule has 0 N–H and O–H groups in total. The molecule has 0 saturated heterocycles. The Hall–Kier alpha value is -8.66. The maximum atomic E-state index is 6.47. The van der Waals surface area contributed by atoms with Crippen LogP contribution in [0.15, 0.2) is 247 Å². The van der Waals surface area contributed by atoms with Gasteiger partial charge in [0.05, 0.1) is 22.4 Å². The SMILES string of the molecule is c1ccc(N(c2ccc(-c3cccc4c3oc3ccccc34)cc2)c2ccc3c(ccc4ccccc43)c2)c(-c2ccc(-c3ccccc3-n3c4ccccc4c4ccccc43)cc2)c1. The molecule has 0 unspecified atom stereocenters. The largest absolute Gasteiger partial charge is 0.455 e. The third-order valence-corrected chi connectivity index (χ3v) is 13.2. The number of hydrogen-bond acceptors (Lipinski definition) is 2. The Morgan fingerprint density at radius 1 is 0.323 bits per heavy atom. The minimum Gasteiger partial charge on any atom is -0.455 e. The van der Waals surface area contributed by atoms with Gasteiger partial charge in [0.2, 0.25) is 0 Å². The molecule has 0 fully saturated rings. The molecule has 0 radical (unpaired) electrons. The van der Waals surface area contributed by atoms with Gasteiger partial charge in [-0.05, 0) is 92.8 Å². The average Bonchev–Trinajstić information content (AvgIpc) is 3.93. The van der Waals surface area contributed by atoms with Crippen molar-refractivity contribution < 1.29 is 4.42 Å². The Bertz CT molecular complexity index is 3900. The van der Waals surface area contributed by atoms with Crippen molar-refractivity contribution in [1.82, 2.24) is 4.57 Å². The second kappa shape index (κ2) is 15.0. The first-order valence-electron chi connectivity index (χ1n) is 22.2. The molecule has 0 saturated carbocycles. The molecule has 2 heterocycles. The van der Waals surface area contributed by atoms with E-state index in [2.05, 4.69) is 240 Å². The zero-order valence-corrected chi connectivity index (χ0v) is 35.4. The van der Waals surface area contributed by atoms with Crippen molar-refractivity contribution in [2.45, 2.75) is 0 Å². The fourth-order valence-electron chi connectivity index (χ4n) is 10.2. The van der Waals surface area contributed by atoms with Gasteiger partial charge in [0.1, 0.15) is 11.2 Å². The Morgan fingerprint density at radius 3 is 1.63 bits per heavy atom. The highest BCUT2D eigenvalue weighted by Crippen LogP contribution is 2.44. The van der Waals surface area contributed by atoms with E-state index in [0.29, 0.717) is 0 Å². The second-order valence-electron chi connectivity index (χ2n) is 16.8. The van der Waals surface area contributed by atoms with Gasteiger partial charge < -0.3 is 13.9 Å². The summed E-state index contributed by atoms with van der Waals surface area (Å²) in [5, 5.41) is 9.71. The van der Waals surface area contributed by atoms with E-state index in [1.165, 1.54) is 48.9 Å². The van der Waals surface area contributed by atoms with E-state index in [1.807, 2.05) is 12.1 Å². The summed E-state index contributed by atoms with van der Waals surface area (Å²) in [6, 6.07) is 87.7. The summed E-state index contributed by atoms with van der Waals surface area (Å²) in [7, 11) is 0. The van der Waals surface area contributed by atoms with Crippen LogP contribution in [0.5, 0.6) is 0 Å². The van der Waals surface area contributed by atoms with E-state index in [-0.39, 0.29) is 0 Å². The molecular weight excluding hydrogens is 789 g/mol. The van der Waals surface area contributed by atoms with Gasteiger partial charge >= 0.3 is 0 Å². The molecule has 0 spiro atoms. The number of aromatic nitrogens is 1. The summed E-state index contributed by atoms with van der Waals surface area (Å²) in [5.74, 6) is 0. The quantitative estimate of drug-likeness (QED) is 0.149. The lowest BCUT2D eigenvalue weighted by molar-refractivity contribution is 0.670. The van der Waals surface area contributed by atoms with Crippen LogP contribution in [0.1, 0.15) is 0 Å². The zero-order valence-electron chi connectivity index (χ0n) is 35.4. The Kier molecular flexibility index (Phi) is 8.53. The predicted octanol–water partition coefficient (Wildman–Crippen LogP) is 17.5. The van der Waals surface area contributed by atoms with Crippen LogP contribution >= 0.6 is 0 Å². The van der Waals surface area contributed by atoms with Crippen molar-refractivity contribution in [3.63, 3.8) is 0 Å². The van der Waals surface area contributed by atoms with Gasteiger partial charge in [-0.3, -0.25) is 0 Å². The van der Waals surface area contributed by atoms with Gasteiger partial charge in [-0.15, -0.1) is 0 Å². The van der Waals surface area contributed by atoms with Crippen molar-refractivity contribution in [2.24, 2.45) is 0 Å². The number of nitrogens with zero attached hydrogens (tertiary/aromatic N) is 2. The van der Waals surface area contributed by atoms with Crippen LogP contribution in [0.25, 0.3) is 104 Å². The van der Waals surface area contributed by atoms with Gasteiger partial charge in [0.15, 0.2) is 0 Å². The van der Waals surface area contributed by atoms with Crippen LogP contribution in [-0.2, 0) is 0 Å². The normalized spacial score (nSPS) is 11.7. The van der Waals surface area contributed by atoms with E-state index in [1.54, 1.807) is 0 Å². The molecule has 3 nitrogen and oxygen atoms in total. The third kappa shape index (κ3) is 6.05. The summed E-state index contributed by atoms with van der Waals surface area (Å²) in [6.07, 6.45) is 0. The Balaban J connectivity index is 0.933. The summed E-state index contributed by atoms with van der Waals surface area (Å²) in [6.45, 7) is 0. The zero-order chi connectivity index (χ0) is 42.8. The number of anilines is 3. The molecule has 65 heavy (non-hydrogen) atoms. The first-order chi connectivity index (χ1) is 32.2. The summed E-state index contributed by atoms with van der Waals surface area (Å²) in [5.41, 5.74) is 15.4. The molecule has 11 aromatic carbocycles. The Labute approximate surface area is 376 Å². The van der Waals surface area contributed by atoms with E-state index < -0.39 is 0 Å². The summed E-state index contributed by atoms with van der Waals surface area (Å²) < 4.78 is 8.89. The molecule has 0 aliphatic rings. The van der Waals surface area contributed by atoms with Crippen LogP contribution in [0.4, 0.5) is 17.1 Å². The second-order valence-corrected chi connectivity index (χ2v) is 16.8. The molecular formula is C62H40N2O. The predicted molar refractivity (Wildman–Crippen MR) is 274 cm³/mol. The van der Waals surface area contributed by atoms with Gasteiger partial charge in [0.25, 0.3) is 0 Å². The van der Waals surface area contributed by atoms with Gasteiger partial charge in [-0.2, -0.15) is 0 Å². The van der Waals surface area contributed by atoms with Crippen molar-refractivity contribution in [1.29, 1.82) is 0 Å². The molecule has 3 heteroatoms. The minimum atomic E-state index is 0.902. The van der Waals surface area contributed by atoms with Crippen LogP contribution in [-0.4, -0.2) is 4.57 Å². The molecule has 0 aliphatic carbocycles. The van der Waals surface area contributed by atoms with Crippen LogP contribution in [0.3, 0.4) is 0 Å². The first kappa shape index (κ1) is 36.9. The number of para-hydroxylation sites is 6. The fourth-order valence-corrected chi connectivity index (χ4v) is 10.2. The fraction of sp³-hybridized carbons (Fsp3) is 0. The molecule has 304 valence electrons. The summed E-state index contributed by atoms with van der Waals surface area (Å²) >= 11 is 0. The Morgan fingerprint density at radius 2 is 0.846 bits per heavy atom. The molecule has 13 rings (SSSR count). The maximum absolute atomic E-state index is 6.47. The van der Waals surface area contributed by atoms with Crippen molar-refractivity contribution >= 4 is 82.4 Å². The van der Waals surface area contributed by atoms with Crippen molar-refractivity contribution in [2.75, 3.05) is 4.90 Å². The summed E-state index contributed by atoms with van der Waals surface area (Å²) in [4.78, 5) is 2.40. The first-order valence-corrected chi connectivity index (χ1v) is 22.2. The number of furan rings is 1. The maximum Gasteiger partial charge on any atom is 0.143 e. The lowest BCUT2D eigenvalue weighted by atomic mass is 9.96. The standard InChI is InChI=1S/C62H40N2O/c1-2-15-48-41(14-1)32-33-45-40-47(38-39-49(45)48)63(46-36-34-44(35-37-46)52-21-13-22-56-55-20-7-12-27-61(55)65-62(52)56)57-23-8-3-16-50(57)42-28-30-43(31-29-42)51-17-4-9-24-58(51)64-59-25-10-5-18-53(59)54-19-6-11-26-60(54)64/h1-40H. The van der Waals surface area contributed by atoms with Crippen molar-refractivity contribution in [3.8, 4) is 39.1 Å². The topological polar surface area (TPSA) is 21.3 Å². The lowest BCUT2D eigenvalue weighted by Crippen LogP contribution is -2.11. The van der Waals surface area contributed by atoms with Crippen LogP contribution < -0.4 is 4.90 Å². The monoisotopic (exact) mass is 828 g/mol. The molecule has 2 aromatic heterocycles. The smallest absolute Gasteiger partial charge is 0.143 e. The average molecular weight is 829 g/mol. The molecule has 0 aliphatic heterocycles. The minimum absolute atomic E-state index is 0.902. The van der Waals surface area contributed by atoms with E-state index in [0.717, 1.165) is 72.5 Å². The van der Waals surface area contributed by atoms with E-state index >= 15 is 0 Å². The lowest BCUT2D eigenvalue weighted by Gasteiger charge is -2.28. The van der Waals surface area contributed by atoms with E-state index in [4.69, 9.17) is 4.42 Å². The van der Waals surface area contributed by atoms with Crippen LogP contribution in [0.2, 0.25) is 0 Å². The molecule has 0 atom stereocenters. The number of hydrogen-bond donors (Lipinski definition) is 0. The highest BCUT2D eigenvalue weighted by Gasteiger charge is 2.20. The molecule has 13 aromatic rings. The van der Waals surface area contributed by atoms with E-state index in [9.17, 15) is 0 Å². The van der Waals surface area contributed by atoms with Crippen molar-refractivity contribution in [3.05, 3.63) is 243 Å². The van der Waals surface area contributed by atoms with Gasteiger partial charge in [-0.25, -0.2) is 0 Å². The van der Waals surface area contributed by atoms with Crippen LogP contribution in [0, 0.1) is 0 Å². The highest BCUT2D eigenvalue weighted by atomic mass is 16.3. The number of fused-ring (bicyclic) bond motifs is 9. The number of benzene rings is 11. The molecule has 0 bridgehead atoms.